The van der Waals surface area contributed by atoms with Crippen molar-refractivity contribution < 1.29 is 9.63 Å². The second-order valence-corrected chi connectivity index (χ2v) is 5.53. The van der Waals surface area contributed by atoms with Gasteiger partial charge >= 0.3 is 0 Å². The number of rotatable bonds is 2. The summed E-state index contributed by atoms with van der Waals surface area (Å²) in [5, 5.41) is 18.3. The van der Waals surface area contributed by atoms with Crippen LogP contribution < -0.4 is 5.32 Å². The molecule has 1 aliphatic rings. The largest absolute Gasteiger partial charge is 0.380 e. The Balaban J connectivity index is 1.93. The highest BCUT2D eigenvalue weighted by atomic mass is 35.5. The summed E-state index contributed by atoms with van der Waals surface area (Å²) in [5.41, 5.74) is -0.710. The number of nitrogens with one attached hydrogen (secondary N) is 1. The van der Waals surface area contributed by atoms with E-state index < -0.39 is 5.60 Å². The molecule has 3 heterocycles. The zero-order chi connectivity index (χ0) is 14.2. The molecule has 8 heteroatoms. The van der Waals surface area contributed by atoms with Gasteiger partial charge in [0.25, 0.3) is 5.89 Å². The molecule has 0 unspecified atom stereocenters. The molecular weight excluding hydrogens is 303 g/mol. The topological polar surface area (TPSA) is 84.1 Å². The lowest BCUT2D eigenvalue weighted by Gasteiger charge is -2.28. The van der Waals surface area contributed by atoms with Crippen molar-refractivity contribution in [3.8, 4) is 11.5 Å². The van der Waals surface area contributed by atoms with Crippen LogP contribution in [0.25, 0.3) is 11.5 Å². The third kappa shape index (κ3) is 2.52. The molecule has 6 nitrogen and oxygen atoms in total. The van der Waals surface area contributed by atoms with Gasteiger partial charge in [0.15, 0.2) is 0 Å². The number of hydrogen-bond acceptors (Lipinski definition) is 6. The normalized spacial score (nSPS) is 18.1. The predicted molar refractivity (Wildman–Crippen MR) is 73.5 cm³/mol. The lowest BCUT2D eigenvalue weighted by molar-refractivity contribution is -0.0228. The Hall–Kier alpha value is -1.21. The Kier molecular flexibility index (Phi) is 3.64. The molecule has 2 N–H and O–H groups in total. The van der Waals surface area contributed by atoms with Crippen LogP contribution in [0.15, 0.2) is 16.8 Å². The number of piperidine rings is 1. The van der Waals surface area contributed by atoms with Crippen LogP contribution in [-0.4, -0.2) is 33.3 Å². The van der Waals surface area contributed by atoms with Crippen LogP contribution in [0.4, 0.5) is 0 Å². The van der Waals surface area contributed by atoms with Gasteiger partial charge in [0, 0.05) is 6.20 Å². The fourth-order valence-electron chi connectivity index (χ4n) is 2.14. The lowest BCUT2D eigenvalue weighted by Crippen LogP contribution is -2.39. The Morgan fingerprint density at radius 1 is 1.30 bits per heavy atom. The van der Waals surface area contributed by atoms with Crippen LogP contribution >= 0.6 is 23.2 Å². The van der Waals surface area contributed by atoms with Crippen LogP contribution in [0.2, 0.25) is 10.0 Å². The van der Waals surface area contributed by atoms with E-state index in [0.717, 1.165) is 0 Å². The summed E-state index contributed by atoms with van der Waals surface area (Å²) >= 11 is 11.8. The zero-order valence-corrected chi connectivity index (χ0v) is 11.9. The van der Waals surface area contributed by atoms with Gasteiger partial charge in [-0.2, -0.15) is 4.98 Å². The molecular formula is C12H12Cl2N4O2. The van der Waals surface area contributed by atoms with E-state index in [1.807, 2.05) is 0 Å². The number of aliphatic hydroxyl groups is 1. The van der Waals surface area contributed by atoms with Gasteiger partial charge in [0.05, 0.1) is 10.0 Å². The van der Waals surface area contributed by atoms with E-state index in [1.54, 1.807) is 6.07 Å². The van der Waals surface area contributed by atoms with Gasteiger partial charge in [-0.05, 0) is 32.0 Å². The van der Waals surface area contributed by atoms with Crippen LogP contribution in [0.1, 0.15) is 18.7 Å². The molecule has 0 spiro atoms. The van der Waals surface area contributed by atoms with E-state index in [-0.39, 0.29) is 11.7 Å². The monoisotopic (exact) mass is 314 g/mol. The molecule has 0 saturated carbocycles. The van der Waals surface area contributed by atoms with Crippen molar-refractivity contribution in [3.05, 3.63) is 28.2 Å². The van der Waals surface area contributed by atoms with Gasteiger partial charge in [0.1, 0.15) is 11.3 Å². The maximum absolute atomic E-state index is 10.5. The Labute approximate surface area is 125 Å². The first-order chi connectivity index (χ1) is 9.58. The quantitative estimate of drug-likeness (QED) is 0.882. The summed E-state index contributed by atoms with van der Waals surface area (Å²) in [4.78, 5) is 8.31. The van der Waals surface area contributed by atoms with Crippen LogP contribution in [0.3, 0.4) is 0 Å². The summed E-state index contributed by atoms with van der Waals surface area (Å²) in [7, 11) is 0. The molecule has 2 aromatic rings. The zero-order valence-electron chi connectivity index (χ0n) is 10.4. The number of nitrogens with zero attached hydrogens (tertiary/aromatic N) is 3. The predicted octanol–water partition coefficient (Wildman–Crippen LogP) is 2.01. The average molecular weight is 315 g/mol. The second-order valence-electron chi connectivity index (χ2n) is 4.69. The van der Waals surface area contributed by atoms with E-state index >= 15 is 0 Å². The number of aromatic nitrogens is 3. The summed E-state index contributed by atoms with van der Waals surface area (Å²) in [6.07, 6.45) is 2.50. The van der Waals surface area contributed by atoms with Gasteiger partial charge in [-0.25, -0.2) is 4.98 Å². The molecule has 0 bridgehead atoms. The van der Waals surface area contributed by atoms with Gasteiger partial charge in [-0.1, -0.05) is 28.4 Å². The van der Waals surface area contributed by atoms with E-state index in [9.17, 15) is 5.11 Å². The first kappa shape index (κ1) is 13.8. The molecule has 0 aromatic carbocycles. The lowest BCUT2D eigenvalue weighted by atomic mass is 9.92. The minimum absolute atomic E-state index is 0.196. The molecule has 1 fully saturated rings. The molecule has 1 saturated heterocycles. The van der Waals surface area contributed by atoms with Crippen LogP contribution in [0, 0.1) is 0 Å². The summed E-state index contributed by atoms with van der Waals surface area (Å²) in [6.45, 7) is 1.41. The van der Waals surface area contributed by atoms with E-state index in [1.165, 1.54) is 6.20 Å². The fraction of sp³-hybridized carbons (Fsp3) is 0.417. The van der Waals surface area contributed by atoms with Gasteiger partial charge in [-0.3, -0.25) is 0 Å². The first-order valence-corrected chi connectivity index (χ1v) is 6.93. The number of pyridine rings is 1. The summed E-state index contributed by atoms with van der Waals surface area (Å²) in [6, 6.07) is 1.56. The van der Waals surface area contributed by atoms with E-state index in [0.29, 0.717) is 41.7 Å². The fourth-order valence-corrected chi connectivity index (χ4v) is 2.61. The molecule has 106 valence electrons. The smallest absolute Gasteiger partial charge is 0.259 e. The third-order valence-corrected chi connectivity index (χ3v) is 3.77. The minimum atomic E-state index is -1.09. The SMILES string of the molecule is OC1(c2nc(-c3ncc(Cl)cc3Cl)no2)CCNCC1. The highest BCUT2D eigenvalue weighted by molar-refractivity contribution is 6.35. The maximum Gasteiger partial charge on any atom is 0.259 e. The highest BCUT2D eigenvalue weighted by Gasteiger charge is 2.37. The Bertz CT molecular complexity index is 626. The molecule has 0 atom stereocenters. The van der Waals surface area contributed by atoms with E-state index in [2.05, 4.69) is 20.4 Å². The van der Waals surface area contributed by atoms with Gasteiger partial charge in [0.2, 0.25) is 5.82 Å². The molecule has 0 aliphatic carbocycles. The van der Waals surface area contributed by atoms with Crippen molar-refractivity contribution in [2.24, 2.45) is 0 Å². The van der Waals surface area contributed by atoms with Crippen LogP contribution in [0.5, 0.6) is 0 Å². The van der Waals surface area contributed by atoms with Crippen molar-refractivity contribution in [2.75, 3.05) is 13.1 Å². The Morgan fingerprint density at radius 2 is 2.05 bits per heavy atom. The van der Waals surface area contributed by atoms with Crippen molar-refractivity contribution in [1.29, 1.82) is 0 Å². The van der Waals surface area contributed by atoms with Crippen molar-refractivity contribution >= 4 is 23.2 Å². The molecule has 2 aromatic heterocycles. The van der Waals surface area contributed by atoms with Crippen LogP contribution in [-0.2, 0) is 5.60 Å². The Morgan fingerprint density at radius 3 is 2.75 bits per heavy atom. The molecule has 1 aliphatic heterocycles. The summed E-state index contributed by atoms with van der Waals surface area (Å²) < 4.78 is 5.18. The minimum Gasteiger partial charge on any atom is -0.380 e. The average Bonchev–Trinajstić information content (AvgIpc) is 2.90. The molecule has 20 heavy (non-hydrogen) atoms. The first-order valence-electron chi connectivity index (χ1n) is 6.17. The van der Waals surface area contributed by atoms with Crippen molar-refractivity contribution in [3.63, 3.8) is 0 Å². The highest BCUT2D eigenvalue weighted by Crippen LogP contribution is 2.32. The number of hydrogen-bond donors (Lipinski definition) is 2. The van der Waals surface area contributed by atoms with Crippen molar-refractivity contribution in [2.45, 2.75) is 18.4 Å². The standard InChI is InChI=1S/C12H12Cl2N4O2/c13-7-5-8(14)9(16-6-7)10-17-11(20-18-10)12(19)1-3-15-4-2-12/h5-6,15,19H,1-4H2. The summed E-state index contributed by atoms with van der Waals surface area (Å²) in [5.74, 6) is 0.440. The molecule has 0 radical (unpaired) electrons. The number of halogens is 2. The third-order valence-electron chi connectivity index (χ3n) is 3.27. The van der Waals surface area contributed by atoms with Gasteiger partial charge in [-0.15, -0.1) is 0 Å². The molecule has 0 amide bonds. The van der Waals surface area contributed by atoms with E-state index in [4.69, 9.17) is 27.7 Å². The van der Waals surface area contributed by atoms with Crippen molar-refractivity contribution in [1.82, 2.24) is 20.4 Å². The second kappa shape index (κ2) is 5.29. The van der Waals surface area contributed by atoms with Gasteiger partial charge < -0.3 is 14.9 Å². The maximum atomic E-state index is 10.5. The molecule has 3 rings (SSSR count).